The number of nitrogens with zero attached hydrogens (tertiary/aromatic N) is 1. The van der Waals surface area contributed by atoms with Gasteiger partial charge in [0.1, 0.15) is 0 Å². The number of rotatable bonds is 7. The Morgan fingerprint density at radius 3 is 2.62 bits per heavy atom. The predicted molar refractivity (Wildman–Crippen MR) is 79.5 cm³/mol. The quantitative estimate of drug-likeness (QED) is 0.808. The lowest BCUT2D eigenvalue weighted by atomic mass is 10.1. The first kappa shape index (κ1) is 17.3. The number of hydrogen-bond acceptors (Lipinski definition) is 3. The third-order valence-corrected chi connectivity index (χ3v) is 3.31. The van der Waals surface area contributed by atoms with E-state index in [1.54, 1.807) is 31.2 Å². The van der Waals surface area contributed by atoms with Crippen LogP contribution in [0.3, 0.4) is 0 Å². The van der Waals surface area contributed by atoms with Gasteiger partial charge in [-0.05, 0) is 13.0 Å². The standard InChI is InChI=1S/C14H19ClN2O4/c1-3-17(8-9-21-2)14(20)16-12(13(18)19)10-6-4-5-7-11(10)15/h4-7,12H,3,8-9H2,1-2H3,(H,16,20)(H,18,19)/t12-/m1/s1. The molecule has 0 spiro atoms. The van der Waals surface area contributed by atoms with Crippen molar-refractivity contribution in [3.8, 4) is 0 Å². The Morgan fingerprint density at radius 1 is 1.43 bits per heavy atom. The van der Waals surface area contributed by atoms with E-state index < -0.39 is 18.0 Å². The second kappa shape index (κ2) is 8.49. The summed E-state index contributed by atoms with van der Waals surface area (Å²) < 4.78 is 4.92. The van der Waals surface area contributed by atoms with Gasteiger partial charge in [0.2, 0.25) is 0 Å². The lowest BCUT2D eigenvalue weighted by Gasteiger charge is -2.24. The molecule has 1 aromatic carbocycles. The molecule has 0 aliphatic heterocycles. The maximum absolute atomic E-state index is 12.1. The second-order valence-electron chi connectivity index (χ2n) is 4.31. The lowest BCUT2D eigenvalue weighted by Crippen LogP contribution is -2.45. The molecule has 0 radical (unpaired) electrons. The maximum Gasteiger partial charge on any atom is 0.331 e. The molecule has 0 aliphatic carbocycles. The largest absolute Gasteiger partial charge is 0.479 e. The zero-order chi connectivity index (χ0) is 15.8. The SMILES string of the molecule is CCN(CCOC)C(=O)N[C@@H](C(=O)O)c1ccccc1Cl. The first-order valence-electron chi connectivity index (χ1n) is 6.52. The van der Waals surface area contributed by atoms with Gasteiger partial charge in [0.05, 0.1) is 6.61 Å². The number of benzene rings is 1. The Labute approximate surface area is 128 Å². The van der Waals surface area contributed by atoms with Gasteiger partial charge in [-0.25, -0.2) is 9.59 Å². The number of methoxy groups -OCH3 is 1. The van der Waals surface area contributed by atoms with Crippen LogP contribution >= 0.6 is 11.6 Å². The van der Waals surface area contributed by atoms with Crippen LogP contribution in [-0.4, -0.2) is 48.8 Å². The van der Waals surface area contributed by atoms with Gasteiger partial charge in [-0.2, -0.15) is 0 Å². The van der Waals surface area contributed by atoms with Crippen molar-refractivity contribution in [2.24, 2.45) is 0 Å². The van der Waals surface area contributed by atoms with Gasteiger partial charge in [0, 0.05) is 30.8 Å². The molecule has 21 heavy (non-hydrogen) atoms. The van der Waals surface area contributed by atoms with Gasteiger partial charge in [-0.1, -0.05) is 29.8 Å². The van der Waals surface area contributed by atoms with E-state index >= 15 is 0 Å². The smallest absolute Gasteiger partial charge is 0.331 e. The van der Waals surface area contributed by atoms with Crippen molar-refractivity contribution in [1.29, 1.82) is 0 Å². The molecule has 0 bridgehead atoms. The van der Waals surface area contributed by atoms with Crippen LogP contribution < -0.4 is 5.32 Å². The van der Waals surface area contributed by atoms with Crippen LogP contribution in [0.15, 0.2) is 24.3 Å². The summed E-state index contributed by atoms with van der Waals surface area (Å²) in [6.07, 6.45) is 0. The summed E-state index contributed by atoms with van der Waals surface area (Å²) in [6, 6.07) is 4.87. The van der Waals surface area contributed by atoms with Crippen molar-refractivity contribution < 1.29 is 19.4 Å². The van der Waals surface area contributed by atoms with E-state index in [4.69, 9.17) is 16.3 Å². The molecule has 0 heterocycles. The van der Waals surface area contributed by atoms with Crippen LogP contribution in [-0.2, 0) is 9.53 Å². The molecule has 2 amide bonds. The minimum atomic E-state index is -1.19. The van der Waals surface area contributed by atoms with E-state index in [1.165, 1.54) is 12.0 Å². The average molecular weight is 315 g/mol. The number of amides is 2. The predicted octanol–water partition coefficient (Wildman–Crippen LogP) is 2.14. The highest BCUT2D eigenvalue weighted by Gasteiger charge is 2.25. The molecule has 1 rings (SSSR count). The Balaban J connectivity index is 2.86. The zero-order valence-corrected chi connectivity index (χ0v) is 12.8. The van der Waals surface area contributed by atoms with Crippen LogP contribution in [0.4, 0.5) is 4.79 Å². The Bertz CT molecular complexity index is 496. The molecule has 7 heteroatoms. The van der Waals surface area contributed by atoms with Gasteiger partial charge < -0.3 is 20.1 Å². The molecule has 1 aromatic rings. The average Bonchev–Trinajstić information content (AvgIpc) is 2.46. The number of carbonyl (C=O) groups is 2. The third-order valence-electron chi connectivity index (χ3n) is 2.97. The van der Waals surface area contributed by atoms with Crippen LogP contribution in [0.5, 0.6) is 0 Å². The van der Waals surface area contributed by atoms with Crippen LogP contribution in [0.1, 0.15) is 18.5 Å². The lowest BCUT2D eigenvalue weighted by molar-refractivity contribution is -0.139. The van der Waals surface area contributed by atoms with E-state index in [0.717, 1.165) is 0 Å². The number of hydrogen-bond donors (Lipinski definition) is 2. The van der Waals surface area contributed by atoms with Gasteiger partial charge in [-0.15, -0.1) is 0 Å². The van der Waals surface area contributed by atoms with Crippen LogP contribution in [0.2, 0.25) is 5.02 Å². The molecule has 0 aliphatic rings. The number of urea groups is 1. The normalized spacial score (nSPS) is 11.8. The van der Waals surface area contributed by atoms with Gasteiger partial charge in [-0.3, -0.25) is 0 Å². The van der Waals surface area contributed by atoms with Crippen molar-refractivity contribution in [2.45, 2.75) is 13.0 Å². The number of nitrogens with one attached hydrogen (secondary N) is 1. The number of carboxylic acid groups (broad SMARTS) is 1. The van der Waals surface area contributed by atoms with Crippen LogP contribution in [0.25, 0.3) is 0 Å². The van der Waals surface area contributed by atoms with Crippen molar-refractivity contribution in [1.82, 2.24) is 10.2 Å². The number of likely N-dealkylation sites (N-methyl/N-ethyl adjacent to an activating group) is 1. The summed E-state index contributed by atoms with van der Waals surface area (Å²) in [4.78, 5) is 25.0. The number of ether oxygens (including phenoxy) is 1. The first-order chi connectivity index (χ1) is 10.0. The molecular formula is C14H19ClN2O4. The minimum absolute atomic E-state index is 0.296. The topological polar surface area (TPSA) is 78.9 Å². The fourth-order valence-electron chi connectivity index (χ4n) is 1.80. The zero-order valence-electron chi connectivity index (χ0n) is 12.0. The van der Waals surface area contributed by atoms with Crippen LogP contribution in [0, 0.1) is 0 Å². The highest BCUT2D eigenvalue weighted by atomic mass is 35.5. The second-order valence-corrected chi connectivity index (χ2v) is 4.72. The van der Waals surface area contributed by atoms with Gasteiger partial charge >= 0.3 is 12.0 Å². The summed E-state index contributed by atoms with van der Waals surface area (Å²) in [6.45, 7) is 3.02. The third kappa shape index (κ3) is 4.91. The molecular weight excluding hydrogens is 296 g/mol. The molecule has 116 valence electrons. The highest BCUT2D eigenvalue weighted by molar-refractivity contribution is 6.31. The summed E-state index contributed by atoms with van der Waals surface area (Å²) in [7, 11) is 1.54. The summed E-state index contributed by atoms with van der Waals surface area (Å²) >= 11 is 6.00. The van der Waals surface area contributed by atoms with E-state index in [2.05, 4.69) is 5.32 Å². The van der Waals surface area contributed by atoms with E-state index in [-0.39, 0.29) is 0 Å². The minimum Gasteiger partial charge on any atom is -0.479 e. The molecule has 0 saturated carbocycles. The van der Waals surface area contributed by atoms with Gasteiger partial charge in [0.25, 0.3) is 0 Å². The highest BCUT2D eigenvalue weighted by Crippen LogP contribution is 2.23. The molecule has 0 aromatic heterocycles. The number of carbonyl (C=O) groups excluding carboxylic acids is 1. The van der Waals surface area contributed by atoms with E-state index in [0.29, 0.717) is 30.3 Å². The summed E-state index contributed by atoms with van der Waals surface area (Å²) in [5.74, 6) is -1.17. The Morgan fingerprint density at radius 2 is 2.10 bits per heavy atom. The molecule has 2 N–H and O–H groups in total. The molecule has 1 atom stereocenters. The molecule has 0 unspecified atom stereocenters. The number of halogens is 1. The van der Waals surface area contributed by atoms with Crippen molar-refractivity contribution in [2.75, 3.05) is 26.8 Å². The van der Waals surface area contributed by atoms with E-state index in [1.807, 2.05) is 0 Å². The summed E-state index contributed by atoms with van der Waals surface area (Å²) in [5.41, 5.74) is 0.350. The first-order valence-corrected chi connectivity index (χ1v) is 6.90. The number of aliphatic carboxylic acids is 1. The molecule has 0 fully saturated rings. The van der Waals surface area contributed by atoms with Gasteiger partial charge in [0.15, 0.2) is 6.04 Å². The van der Waals surface area contributed by atoms with Crippen molar-refractivity contribution in [3.63, 3.8) is 0 Å². The monoisotopic (exact) mass is 314 g/mol. The fraction of sp³-hybridized carbons (Fsp3) is 0.429. The summed E-state index contributed by atoms with van der Waals surface area (Å²) in [5, 5.41) is 12.1. The van der Waals surface area contributed by atoms with E-state index in [9.17, 15) is 14.7 Å². The fourth-order valence-corrected chi connectivity index (χ4v) is 2.05. The number of carboxylic acids is 1. The van der Waals surface area contributed by atoms with Crippen molar-refractivity contribution in [3.05, 3.63) is 34.9 Å². The maximum atomic E-state index is 12.1. The Kier molecular flexibility index (Phi) is 6.98. The molecule has 0 saturated heterocycles. The Hall–Kier alpha value is -1.79. The van der Waals surface area contributed by atoms with Crippen molar-refractivity contribution >= 4 is 23.6 Å². The molecule has 6 nitrogen and oxygen atoms in total.